The van der Waals surface area contributed by atoms with Crippen LogP contribution in [0.2, 0.25) is 0 Å². The number of amides is 1. The molecule has 0 aromatic heterocycles. The van der Waals surface area contributed by atoms with Gasteiger partial charge in [0.15, 0.2) is 0 Å². The average molecular weight is 244 g/mol. The molecule has 0 fully saturated rings. The van der Waals surface area contributed by atoms with Crippen molar-refractivity contribution in [1.29, 1.82) is 5.26 Å². The minimum Gasteiger partial charge on any atom is -0.484 e. The molecular weight excluding hydrogens is 234 g/mol. The first-order valence-electron chi connectivity index (χ1n) is 4.45. The number of ether oxygens (including phenoxy) is 2. The number of carbonyl (C=O) groups is 1. The molecule has 1 amide bonds. The van der Waals surface area contributed by atoms with E-state index < -0.39 is 11.4 Å². The van der Waals surface area contributed by atoms with Crippen LogP contribution in [-0.4, -0.2) is 31.8 Å². The van der Waals surface area contributed by atoms with E-state index in [4.69, 9.17) is 26.3 Å². The van der Waals surface area contributed by atoms with Gasteiger partial charge in [0, 0.05) is 7.11 Å². The monoisotopic (exact) mass is 243 g/mol. The maximum Gasteiger partial charge on any atom is 0.331 e. The Hall–Kier alpha value is -1.45. The second-order valence-corrected chi connectivity index (χ2v) is 3.55. The predicted molar refractivity (Wildman–Crippen MR) is 54.6 cm³/mol. The van der Waals surface area contributed by atoms with Gasteiger partial charge in [-0.3, -0.25) is 4.79 Å². The molecule has 1 aliphatic rings. The van der Waals surface area contributed by atoms with Crippen LogP contribution in [0.25, 0.3) is 0 Å². The van der Waals surface area contributed by atoms with E-state index in [0.29, 0.717) is 6.61 Å². The summed E-state index contributed by atoms with van der Waals surface area (Å²) in [7, 11) is 1.50. The lowest BCUT2D eigenvalue weighted by Crippen LogP contribution is -2.27. The first-order chi connectivity index (χ1) is 7.55. The number of nitriles is 1. The lowest BCUT2D eigenvalue weighted by molar-refractivity contribution is -0.119. The normalized spacial score (nSPS) is 24.5. The van der Waals surface area contributed by atoms with E-state index in [9.17, 15) is 4.79 Å². The molecule has 7 heteroatoms. The van der Waals surface area contributed by atoms with Crippen molar-refractivity contribution in [3.8, 4) is 6.07 Å². The van der Waals surface area contributed by atoms with Crippen LogP contribution >= 0.6 is 11.6 Å². The molecule has 1 rings (SSSR count). The van der Waals surface area contributed by atoms with Crippen LogP contribution in [0, 0.1) is 11.3 Å². The Kier molecular flexibility index (Phi) is 3.99. The summed E-state index contributed by atoms with van der Waals surface area (Å²) in [6, 6.07) is 1.86. The van der Waals surface area contributed by atoms with Crippen molar-refractivity contribution in [1.82, 2.24) is 0 Å². The minimum atomic E-state index is -1.35. The van der Waals surface area contributed by atoms with E-state index in [-0.39, 0.29) is 17.4 Å². The number of hydrogen-bond acceptors (Lipinski definition) is 5. The largest absolute Gasteiger partial charge is 0.484 e. The summed E-state index contributed by atoms with van der Waals surface area (Å²) < 4.78 is 9.87. The van der Waals surface area contributed by atoms with Crippen molar-refractivity contribution < 1.29 is 14.3 Å². The molecule has 1 aliphatic heterocycles. The fraction of sp³-hybridized carbons (Fsp3) is 0.556. The summed E-state index contributed by atoms with van der Waals surface area (Å²) in [6.07, 6.45) is 0. The van der Waals surface area contributed by atoms with Gasteiger partial charge >= 0.3 is 5.91 Å². The molecule has 1 unspecified atom stereocenters. The summed E-state index contributed by atoms with van der Waals surface area (Å²) in [5.74, 6) is -0.827. The molecular formula is C9H10ClN3O3. The summed E-state index contributed by atoms with van der Waals surface area (Å²) in [4.78, 5) is 11.3. The topological polar surface area (TPSA) is 84.0 Å². The van der Waals surface area contributed by atoms with Gasteiger partial charge in [-0.1, -0.05) is 11.6 Å². The molecule has 1 heterocycles. The molecule has 0 radical (unpaired) electrons. The third-order valence-corrected chi connectivity index (χ3v) is 2.45. The van der Waals surface area contributed by atoms with Gasteiger partial charge in [-0.25, -0.2) is 0 Å². The standard InChI is InChI=1S/C9H10ClN3O3/c1-9(5-11)7(10)6(8(14)12-13-9)16-4-3-15-2/h3-4H2,1-2H3. The van der Waals surface area contributed by atoms with Crippen molar-refractivity contribution in [2.75, 3.05) is 20.3 Å². The number of rotatable bonds is 4. The first kappa shape index (κ1) is 12.6. The van der Waals surface area contributed by atoms with Crippen LogP contribution in [0.4, 0.5) is 0 Å². The Morgan fingerprint density at radius 2 is 2.25 bits per heavy atom. The van der Waals surface area contributed by atoms with Crippen LogP contribution in [0.5, 0.6) is 0 Å². The fourth-order valence-electron chi connectivity index (χ4n) is 0.973. The number of methoxy groups -OCH3 is 1. The molecule has 0 spiro atoms. The summed E-state index contributed by atoms with van der Waals surface area (Å²) in [6.45, 7) is 1.91. The van der Waals surface area contributed by atoms with Crippen LogP contribution in [-0.2, 0) is 14.3 Å². The van der Waals surface area contributed by atoms with Crippen LogP contribution in [0.3, 0.4) is 0 Å². The van der Waals surface area contributed by atoms with Crippen molar-refractivity contribution in [2.45, 2.75) is 12.5 Å². The second kappa shape index (κ2) is 5.05. The molecule has 0 aromatic rings. The van der Waals surface area contributed by atoms with Crippen molar-refractivity contribution in [2.24, 2.45) is 10.2 Å². The zero-order valence-electron chi connectivity index (χ0n) is 8.86. The van der Waals surface area contributed by atoms with E-state index in [1.165, 1.54) is 14.0 Å². The molecule has 1 atom stereocenters. The third-order valence-electron chi connectivity index (χ3n) is 1.91. The highest BCUT2D eigenvalue weighted by Crippen LogP contribution is 2.32. The summed E-state index contributed by atoms with van der Waals surface area (Å²) in [5, 5.41) is 15.7. The van der Waals surface area contributed by atoms with Gasteiger partial charge in [-0.2, -0.15) is 10.4 Å². The fourth-order valence-corrected chi connectivity index (χ4v) is 1.19. The van der Waals surface area contributed by atoms with E-state index in [2.05, 4.69) is 10.2 Å². The van der Waals surface area contributed by atoms with Crippen LogP contribution in [0.1, 0.15) is 6.92 Å². The zero-order valence-corrected chi connectivity index (χ0v) is 9.61. The SMILES string of the molecule is COCCOC1=C(Cl)C(C)(C#N)N=NC1=O. The average Bonchev–Trinajstić information content (AvgIpc) is 2.29. The number of carbonyl (C=O) groups excluding carboxylic acids is 1. The highest BCUT2D eigenvalue weighted by atomic mass is 35.5. The minimum absolute atomic E-state index is 0.0499. The van der Waals surface area contributed by atoms with E-state index in [0.717, 1.165) is 0 Å². The van der Waals surface area contributed by atoms with Gasteiger partial charge in [-0.05, 0) is 6.92 Å². The Balaban J connectivity index is 2.90. The Bertz CT molecular complexity index is 399. The molecule has 0 bridgehead atoms. The van der Waals surface area contributed by atoms with Gasteiger partial charge in [-0.15, -0.1) is 5.11 Å². The highest BCUT2D eigenvalue weighted by molar-refractivity contribution is 6.33. The lowest BCUT2D eigenvalue weighted by atomic mass is 10.0. The number of nitrogens with zero attached hydrogens (tertiary/aromatic N) is 3. The molecule has 0 saturated carbocycles. The molecule has 0 saturated heterocycles. The van der Waals surface area contributed by atoms with Crippen molar-refractivity contribution in [3.63, 3.8) is 0 Å². The molecule has 0 aromatic carbocycles. The summed E-state index contributed by atoms with van der Waals surface area (Å²) in [5.41, 5.74) is -1.35. The maximum absolute atomic E-state index is 11.3. The second-order valence-electron chi connectivity index (χ2n) is 3.17. The molecule has 0 aliphatic carbocycles. The predicted octanol–water partition coefficient (Wildman–Crippen LogP) is 1.37. The van der Waals surface area contributed by atoms with Gasteiger partial charge < -0.3 is 9.47 Å². The quantitative estimate of drug-likeness (QED) is 0.698. The molecule has 6 nitrogen and oxygen atoms in total. The lowest BCUT2D eigenvalue weighted by Gasteiger charge is -2.20. The Morgan fingerprint density at radius 1 is 1.56 bits per heavy atom. The first-order valence-corrected chi connectivity index (χ1v) is 4.83. The Morgan fingerprint density at radius 3 is 2.81 bits per heavy atom. The van der Waals surface area contributed by atoms with Gasteiger partial charge in [0.1, 0.15) is 17.7 Å². The van der Waals surface area contributed by atoms with E-state index in [1.807, 2.05) is 6.07 Å². The van der Waals surface area contributed by atoms with Gasteiger partial charge in [0.2, 0.25) is 11.3 Å². The molecule has 0 N–H and O–H groups in total. The van der Waals surface area contributed by atoms with Crippen molar-refractivity contribution >= 4 is 17.5 Å². The third kappa shape index (κ3) is 2.38. The zero-order chi connectivity index (χ0) is 12.2. The number of halogens is 1. The number of azo groups is 1. The molecule has 86 valence electrons. The maximum atomic E-state index is 11.3. The van der Waals surface area contributed by atoms with E-state index >= 15 is 0 Å². The Labute approximate surface area is 97.5 Å². The molecule has 16 heavy (non-hydrogen) atoms. The van der Waals surface area contributed by atoms with E-state index in [1.54, 1.807) is 0 Å². The highest BCUT2D eigenvalue weighted by Gasteiger charge is 2.38. The smallest absolute Gasteiger partial charge is 0.331 e. The van der Waals surface area contributed by atoms with Crippen LogP contribution in [0.15, 0.2) is 21.0 Å². The summed E-state index contributed by atoms with van der Waals surface area (Å²) >= 11 is 5.88. The van der Waals surface area contributed by atoms with Crippen LogP contribution < -0.4 is 0 Å². The van der Waals surface area contributed by atoms with Gasteiger partial charge in [0.25, 0.3) is 0 Å². The number of hydrogen-bond donors (Lipinski definition) is 0. The van der Waals surface area contributed by atoms with Gasteiger partial charge in [0.05, 0.1) is 6.61 Å². The van der Waals surface area contributed by atoms with Crippen molar-refractivity contribution in [3.05, 3.63) is 10.8 Å².